The Kier molecular flexibility index (Phi) is 5.02. The normalized spacial score (nSPS) is 17.0. The fourth-order valence-electron chi connectivity index (χ4n) is 4.12. The van der Waals surface area contributed by atoms with Crippen LogP contribution < -0.4 is 5.63 Å². The first kappa shape index (κ1) is 19.2. The SMILES string of the molecule is CC(c1nc2ccccc2s1)N1CCN(Cc2cc(=O)oc3cc(O)ccc23)CC1. The molecule has 0 saturated carbocycles. The van der Waals surface area contributed by atoms with Gasteiger partial charge in [0.1, 0.15) is 16.3 Å². The topological polar surface area (TPSA) is 69.8 Å². The number of nitrogens with zero attached hydrogens (tertiary/aromatic N) is 3. The second-order valence-corrected chi connectivity index (χ2v) is 8.84. The Bertz CT molecular complexity index is 1220. The van der Waals surface area contributed by atoms with E-state index in [1.807, 2.05) is 12.1 Å². The van der Waals surface area contributed by atoms with E-state index in [0.717, 1.165) is 47.7 Å². The van der Waals surface area contributed by atoms with E-state index >= 15 is 0 Å². The molecule has 1 aliphatic heterocycles. The van der Waals surface area contributed by atoms with Gasteiger partial charge in [-0.2, -0.15) is 0 Å². The van der Waals surface area contributed by atoms with Gasteiger partial charge in [0, 0.05) is 50.2 Å². The summed E-state index contributed by atoms with van der Waals surface area (Å²) >= 11 is 1.77. The van der Waals surface area contributed by atoms with E-state index in [9.17, 15) is 9.90 Å². The number of para-hydroxylation sites is 1. The Morgan fingerprint density at radius 1 is 1.13 bits per heavy atom. The molecule has 1 unspecified atom stereocenters. The number of phenolic OH excluding ortho intramolecular Hbond substituents is 1. The molecule has 0 aliphatic carbocycles. The molecule has 0 amide bonds. The van der Waals surface area contributed by atoms with Gasteiger partial charge in [0.15, 0.2) is 0 Å². The number of phenols is 1. The van der Waals surface area contributed by atoms with Gasteiger partial charge in [-0.3, -0.25) is 9.80 Å². The number of benzene rings is 2. The van der Waals surface area contributed by atoms with Crippen molar-refractivity contribution in [2.45, 2.75) is 19.5 Å². The summed E-state index contributed by atoms with van der Waals surface area (Å²) in [5.41, 5.74) is 2.06. The summed E-state index contributed by atoms with van der Waals surface area (Å²) in [4.78, 5) is 21.6. The molecular formula is C23H23N3O3S. The van der Waals surface area contributed by atoms with Crippen molar-refractivity contribution in [3.63, 3.8) is 0 Å². The zero-order chi connectivity index (χ0) is 20.7. The Balaban J connectivity index is 1.28. The minimum absolute atomic E-state index is 0.0975. The number of hydrogen-bond donors (Lipinski definition) is 1. The molecule has 1 aliphatic rings. The zero-order valence-corrected chi connectivity index (χ0v) is 17.6. The number of aromatic nitrogens is 1. The summed E-state index contributed by atoms with van der Waals surface area (Å²) in [6.45, 7) is 6.69. The van der Waals surface area contributed by atoms with Gasteiger partial charge in [-0.15, -0.1) is 11.3 Å². The van der Waals surface area contributed by atoms with E-state index in [1.165, 1.54) is 10.8 Å². The van der Waals surface area contributed by atoms with Crippen LogP contribution in [0.5, 0.6) is 5.75 Å². The zero-order valence-electron chi connectivity index (χ0n) is 16.7. The maximum absolute atomic E-state index is 11.9. The maximum atomic E-state index is 11.9. The predicted molar refractivity (Wildman–Crippen MR) is 119 cm³/mol. The molecule has 6 nitrogen and oxygen atoms in total. The maximum Gasteiger partial charge on any atom is 0.336 e. The van der Waals surface area contributed by atoms with Crippen LogP contribution in [-0.2, 0) is 6.54 Å². The molecule has 7 heteroatoms. The first-order chi connectivity index (χ1) is 14.6. The highest BCUT2D eigenvalue weighted by Gasteiger charge is 2.24. The van der Waals surface area contributed by atoms with Crippen LogP contribution >= 0.6 is 11.3 Å². The lowest BCUT2D eigenvalue weighted by atomic mass is 10.1. The minimum Gasteiger partial charge on any atom is -0.508 e. The van der Waals surface area contributed by atoms with Crippen molar-refractivity contribution in [1.29, 1.82) is 0 Å². The highest BCUT2D eigenvalue weighted by atomic mass is 32.1. The van der Waals surface area contributed by atoms with Gasteiger partial charge in [0.25, 0.3) is 0 Å². The number of rotatable bonds is 4. The summed E-state index contributed by atoms with van der Waals surface area (Å²) in [5, 5.41) is 11.7. The van der Waals surface area contributed by atoms with Gasteiger partial charge < -0.3 is 9.52 Å². The third-order valence-electron chi connectivity index (χ3n) is 5.83. The number of thiazole rings is 1. The number of piperazine rings is 1. The van der Waals surface area contributed by atoms with Crippen molar-refractivity contribution in [2.75, 3.05) is 26.2 Å². The van der Waals surface area contributed by atoms with Gasteiger partial charge in [-0.1, -0.05) is 12.1 Å². The molecule has 154 valence electrons. The molecular weight excluding hydrogens is 398 g/mol. The predicted octanol–water partition coefficient (Wildman–Crippen LogP) is 3.99. The van der Waals surface area contributed by atoms with Crippen molar-refractivity contribution < 1.29 is 9.52 Å². The number of fused-ring (bicyclic) bond motifs is 2. The first-order valence-electron chi connectivity index (χ1n) is 10.1. The summed E-state index contributed by atoms with van der Waals surface area (Å²) in [6, 6.07) is 15.1. The van der Waals surface area contributed by atoms with E-state index in [1.54, 1.807) is 23.5 Å². The minimum atomic E-state index is -0.383. The van der Waals surface area contributed by atoms with Gasteiger partial charge >= 0.3 is 5.63 Å². The molecule has 4 aromatic rings. The Hall–Kier alpha value is -2.74. The van der Waals surface area contributed by atoms with Crippen LogP contribution in [-0.4, -0.2) is 46.1 Å². The van der Waals surface area contributed by atoms with E-state index < -0.39 is 0 Å². The second kappa shape index (κ2) is 7.83. The van der Waals surface area contributed by atoms with Crippen molar-refractivity contribution >= 4 is 32.5 Å². The number of hydrogen-bond acceptors (Lipinski definition) is 7. The van der Waals surface area contributed by atoms with Crippen LogP contribution in [0.15, 0.2) is 57.7 Å². The van der Waals surface area contributed by atoms with Gasteiger partial charge in [-0.25, -0.2) is 9.78 Å². The lowest BCUT2D eigenvalue weighted by Crippen LogP contribution is -2.46. The Labute approximate surface area is 178 Å². The van der Waals surface area contributed by atoms with E-state index in [4.69, 9.17) is 9.40 Å². The Morgan fingerprint density at radius 3 is 2.73 bits per heavy atom. The lowest BCUT2D eigenvalue weighted by molar-refractivity contribution is 0.0980. The lowest BCUT2D eigenvalue weighted by Gasteiger charge is -2.37. The Morgan fingerprint density at radius 2 is 1.93 bits per heavy atom. The number of aromatic hydroxyl groups is 1. The van der Waals surface area contributed by atoms with Crippen LogP contribution in [0.1, 0.15) is 23.5 Å². The largest absolute Gasteiger partial charge is 0.508 e. The summed E-state index contributed by atoms with van der Waals surface area (Å²) < 4.78 is 6.48. The van der Waals surface area contributed by atoms with Crippen molar-refractivity contribution in [3.8, 4) is 5.75 Å². The average molecular weight is 422 g/mol. The monoisotopic (exact) mass is 421 g/mol. The van der Waals surface area contributed by atoms with Crippen LogP contribution in [0.25, 0.3) is 21.2 Å². The quantitative estimate of drug-likeness (QED) is 0.503. The molecule has 0 spiro atoms. The molecule has 0 radical (unpaired) electrons. The van der Waals surface area contributed by atoms with E-state index in [2.05, 4.69) is 34.9 Å². The van der Waals surface area contributed by atoms with Crippen molar-refractivity contribution in [2.24, 2.45) is 0 Å². The fraction of sp³-hybridized carbons (Fsp3) is 0.304. The van der Waals surface area contributed by atoms with E-state index in [-0.39, 0.29) is 17.4 Å². The smallest absolute Gasteiger partial charge is 0.336 e. The third-order valence-corrected chi connectivity index (χ3v) is 7.04. The van der Waals surface area contributed by atoms with Gasteiger partial charge in [0.2, 0.25) is 0 Å². The van der Waals surface area contributed by atoms with Crippen LogP contribution in [0.3, 0.4) is 0 Å². The highest BCUT2D eigenvalue weighted by Crippen LogP contribution is 2.30. The van der Waals surface area contributed by atoms with Crippen LogP contribution in [0.2, 0.25) is 0 Å². The van der Waals surface area contributed by atoms with Crippen molar-refractivity contribution in [3.05, 3.63) is 69.5 Å². The molecule has 1 fully saturated rings. The molecule has 1 atom stereocenters. The molecule has 5 rings (SSSR count). The standard InChI is InChI=1S/C23H23N3O3S/c1-15(23-24-19-4-2-3-5-21(19)30-23)26-10-8-25(9-11-26)14-16-12-22(28)29-20-13-17(27)6-7-18(16)20/h2-7,12-13,15,27H,8-11,14H2,1H3. The molecule has 2 aromatic heterocycles. The summed E-state index contributed by atoms with van der Waals surface area (Å²) in [6.07, 6.45) is 0. The van der Waals surface area contributed by atoms with Crippen molar-refractivity contribution in [1.82, 2.24) is 14.8 Å². The summed E-state index contributed by atoms with van der Waals surface area (Å²) in [5.74, 6) is 0.0975. The highest BCUT2D eigenvalue weighted by molar-refractivity contribution is 7.18. The molecule has 1 N–H and O–H groups in total. The molecule has 0 bridgehead atoms. The van der Waals surface area contributed by atoms with Crippen LogP contribution in [0, 0.1) is 0 Å². The molecule has 30 heavy (non-hydrogen) atoms. The average Bonchev–Trinajstić information content (AvgIpc) is 3.17. The van der Waals surface area contributed by atoms with Gasteiger partial charge in [0.05, 0.1) is 16.3 Å². The third kappa shape index (κ3) is 3.71. The van der Waals surface area contributed by atoms with Gasteiger partial charge in [-0.05, 0) is 36.8 Å². The van der Waals surface area contributed by atoms with E-state index in [0.29, 0.717) is 12.1 Å². The molecule has 1 saturated heterocycles. The fourth-order valence-corrected chi connectivity index (χ4v) is 5.18. The first-order valence-corrected chi connectivity index (χ1v) is 11.0. The second-order valence-electron chi connectivity index (χ2n) is 7.78. The molecule has 2 aromatic carbocycles. The molecule has 3 heterocycles. The van der Waals surface area contributed by atoms with Crippen LogP contribution in [0.4, 0.5) is 0 Å². The summed E-state index contributed by atoms with van der Waals surface area (Å²) in [7, 11) is 0.